The second-order valence-corrected chi connectivity index (χ2v) is 11.9. The van der Waals surface area contributed by atoms with E-state index < -0.39 is 0 Å². The highest BCUT2D eigenvalue weighted by atomic mass is 16.5. The molecule has 2 aromatic carbocycles. The Morgan fingerprint density at radius 2 is 1.82 bits per heavy atom. The van der Waals surface area contributed by atoms with Gasteiger partial charge in [-0.1, -0.05) is 37.5 Å². The Morgan fingerprint density at radius 3 is 2.50 bits per heavy atom. The molecule has 0 aliphatic heterocycles. The highest BCUT2D eigenvalue weighted by Gasteiger charge is 2.31. The normalized spacial score (nSPS) is 19.8. The number of benzene rings is 2. The molecular weight excluding hydrogens is 496 g/mol. The molecule has 0 bridgehead atoms. The molecule has 2 aliphatic rings. The van der Waals surface area contributed by atoms with E-state index in [9.17, 15) is 10.1 Å². The summed E-state index contributed by atoms with van der Waals surface area (Å²) in [6.07, 6.45) is 13.9. The lowest BCUT2D eigenvalue weighted by Gasteiger charge is -2.35. The van der Waals surface area contributed by atoms with Crippen molar-refractivity contribution in [3.63, 3.8) is 0 Å². The van der Waals surface area contributed by atoms with Crippen LogP contribution in [0.3, 0.4) is 0 Å². The van der Waals surface area contributed by atoms with Crippen molar-refractivity contribution in [2.75, 3.05) is 18.6 Å². The van der Waals surface area contributed by atoms with Crippen LogP contribution in [0, 0.1) is 23.2 Å². The molecule has 40 heavy (non-hydrogen) atoms. The van der Waals surface area contributed by atoms with Gasteiger partial charge in [0.2, 0.25) is 5.91 Å². The van der Waals surface area contributed by atoms with Gasteiger partial charge < -0.3 is 9.64 Å². The van der Waals surface area contributed by atoms with Crippen LogP contribution in [0.1, 0.15) is 94.7 Å². The molecule has 6 nitrogen and oxygen atoms in total. The lowest BCUT2D eigenvalue weighted by atomic mass is 9.78. The first-order valence-corrected chi connectivity index (χ1v) is 15.0. The maximum absolute atomic E-state index is 14.0. The molecule has 3 aromatic rings. The Kier molecular flexibility index (Phi) is 8.89. The molecule has 1 heterocycles. The molecule has 5 rings (SSSR count). The molecule has 0 unspecified atom stereocenters. The van der Waals surface area contributed by atoms with Gasteiger partial charge >= 0.3 is 0 Å². The molecule has 2 fully saturated rings. The molecule has 210 valence electrons. The van der Waals surface area contributed by atoms with Crippen molar-refractivity contribution in [3.8, 4) is 22.9 Å². The molecule has 1 amide bonds. The topological polar surface area (TPSA) is 71.2 Å². The van der Waals surface area contributed by atoms with Gasteiger partial charge in [-0.05, 0) is 99.6 Å². The first-order valence-electron chi connectivity index (χ1n) is 15.0. The minimum absolute atomic E-state index is 0.126. The van der Waals surface area contributed by atoms with Crippen LogP contribution in [-0.4, -0.2) is 29.3 Å². The Labute approximate surface area is 239 Å². The van der Waals surface area contributed by atoms with Crippen molar-refractivity contribution in [3.05, 3.63) is 66.0 Å². The predicted octanol–water partition coefficient (Wildman–Crippen LogP) is 7.90. The maximum atomic E-state index is 14.0. The second kappa shape index (κ2) is 12.7. The third-order valence-corrected chi connectivity index (χ3v) is 8.95. The third kappa shape index (κ3) is 6.25. The van der Waals surface area contributed by atoms with E-state index in [2.05, 4.69) is 66.4 Å². The van der Waals surface area contributed by atoms with Crippen LogP contribution >= 0.6 is 0 Å². The van der Waals surface area contributed by atoms with Crippen molar-refractivity contribution in [1.29, 1.82) is 5.26 Å². The number of methoxy groups -OCH3 is 1. The van der Waals surface area contributed by atoms with Crippen LogP contribution in [0.15, 0.2) is 54.9 Å². The fraction of sp³-hybridized carbons (Fsp3) is 0.500. The number of hydrogen-bond acceptors (Lipinski definition) is 4. The van der Waals surface area contributed by atoms with Crippen LogP contribution in [0.5, 0.6) is 5.75 Å². The number of ether oxygens (including phenoxy) is 1. The van der Waals surface area contributed by atoms with Gasteiger partial charge in [-0.25, -0.2) is 0 Å². The zero-order chi connectivity index (χ0) is 28.1. The lowest BCUT2D eigenvalue weighted by molar-refractivity contribution is -0.123. The van der Waals surface area contributed by atoms with Crippen LogP contribution in [0.25, 0.3) is 11.1 Å². The van der Waals surface area contributed by atoms with Gasteiger partial charge in [0.25, 0.3) is 0 Å². The summed E-state index contributed by atoms with van der Waals surface area (Å²) in [5, 5.41) is 14.1. The van der Waals surface area contributed by atoms with Crippen molar-refractivity contribution in [2.45, 2.75) is 83.6 Å². The Bertz CT molecular complexity index is 1340. The maximum Gasteiger partial charge on any atom is 0.230 e. The Balaban J connectivity index is 1.33. The SMILES string of the molecule is COc1ccc([C@H]2CC[C@H](CN(C(=O)C3CCCCC3)c3cccc(-c4cnn(C(C)C)c4)c3)CC2)cc1C#N. The van der Waals surface area contributed by atoms with Crippen LogP contribution in [0.4, 0.5) is 5.69 Å². The summed E-state index contributed by atoms with van der Waals surface area (Å²) < 4.78 is 7.32. The van der Waals surface area contributed by atoms with Crippen molar-refractivity contribution >= 4 is 11.6 Å². The summed E-state index contributed by atoms with van der Waals surface area (Å²) in [7, 11) is 1.61. The average Bonchev–Trinajstić information content (AvgIpc) is 3.51. The Morgan fingerprint density at radius 1 is 1.05 bits per heavy atom. The average molecular weight is 539 g/mol. The van der Waals surface area contributed by atoms with Crippen LogP contribution < -0.4 is 9.64 Å². The van der Waals surface area contributed by atoms with E-state index in [1.54, 1.807) is 7.11 Å². The fourth-order valence-electron chi connectivity index (χ4n) is 6.52. The van der Waals surface area contributed by atoms with E-state index >= 15 is 0 Å². The fourth-order valence-corrected chi connectivity index (χ4v) is 6.52. The number of carbonyl (C=O) groups is 1. The van der Waals surface area contributed by atoms with E-state index in [1.165, 1.54) is 12.0 Å². The van der Waals surface area contributed by atoms with Crippen molar-refractivity contribution in [1.82, 2.24) is 9.78 Å². The predicted molar refractivity (Wildman–Crippen MR) is 159 cm³/mol. The number of amides is 1. The molecule has 0 radical (unpaired) electrons. The van der Waals surface area contributed by atoms with Gasteiger partial charge in [0.1, 0.15) is 11.8 Å². The Hall–Kier alpha value is -3.59. The van der Waals surface area contributed by atoms with Gasteiger partial charge in [0, 0.05) is 36.0 Å². The van der Waals surface area contributed by atoms with Crippen LogP contribution in [-0.2, 0) is 4.79 Å². The number of anilines is 1. The van der Waals surface area contributed by atoms with E-state index in [0.29, 0.717) is 35.1 Å². The number of aromatic nitrogens is 2. The molecule has 1 aromatic heterocycles. The first-order chi connectivity index (χ1) is 19.5. The quantitative estimate of drug-likeness (QED) is 0.292. The zero-order valence-electron chi connectivity index (χ0n) is 24.2. The monoisotopic (exact) mass is 538 g/mol. The largest absolute Gasteiger partial charge is 0.495 e. The second-order valence-electron chi connectivity index (χ2n) is 11.9. The van der Waals surface area contributed by atoms with Crippen LogP contribution in [0.2, 0.25) is 0 Å². The van der Waals surface area contributed by atoms with E-state index in [0.717, 1.165) is 74.7 Å². The summed E-state index contributed by atoms with van der Waals surface area (Å²) in [5.41, 5.74) is 5.01. The highest BCUT2D eigenvalue weighted by Crippen LogP contribution is 2.39. The van der Waals surface area contributed by atoms with Gasteiger partial charge in [0.15, 0.2) is 0 Å². The number of nitrogens with zero attached hydrogens (tertiary/aromatic N) is 4. The van der Waals surface area contributed by atoms with E-state index in [1.807, 2.05) is 23.0 Å². The standard InChI is InChI=1S/C34H42N4O2/c1-24(2)38-23-31(21-36-38)28-10-7-11-32(19-28)37(34(39)27-8-5-4-6-9-27)22-25-12-14-26(15-13-25)29-16-17-33(40-3)30(18-29)20-35/h7,10-11,16-19,21,23-27H,4-6,8-9,12-15,22H2,1-3H3/t25-,26-. The van der Waals surface area contributed by atoms with Crippen molar-refractivity contribution < 1.29 is 9.53 Å². The number of hydrogen-bond donors (Lipinski definition) is 0. The number of carbonyl (C=O) groups excluding carboxylic acids is 1. The van der Waals surface area contributed by atoms with E-state index in [-0.39, 0.29) is 5.92 Å². The molecule has 0 N–H and O–H groups in total. The molecule has 6 heteroatoms. The summed E-state index contributed by atoms with van der Waals surface area (Å²) in [4.78, 5) is 16.1. The van der Waals surface area contributed by atoms with E-state index in [4.69, 9.17) is 4.74 Å². The summed E-state index contributed by atoms with van der Waals surface area (Å²) >= 11 is 0. The van der Waals surface area contributed by atoms with Gasteiger partial charge in [-0.15, -0.1) is 0 Å². The minimum Gasteiger partial charge on any atom is -0.495 e. The molecule has 0 saturated heterocycles. The molecule has 0 atom stereocenters. The third-order valence-electron chi connectivity index (χ3n) is 8.95. The van der Waals surface area contributed by atoms with Crippen molar-refractivity contribution in [2.24, 2.45) is 11.8 Å². The smallest absolute Gasteiger partial charge is 0.230 e. The number of rotatable bonds is 8. The van der Waals surface area contributed by atoms with Gasteiger partial charge in [-0.3, -0.25) is 9.48 Å². The first kappa shape index (κ1) is 28.0. The summed E-state index contributed by atoms with van der Waals surface area (Å²) in [5.74, 6) is 1.96. The molecular formula is C34H42N4O2. The van der Waals surface area contributed by atoms with Gasteiger partial charge in [0.05, 0.1) is 18.9 Å². The summed E-state index contributed by atoms with van der Waals surface area (Å²) in [6, 6.07) is 17.1. The highest BCUT2D eigenvalue weighted by molar-refractivity contribution is 5.95. The number of nitriles is 1. The molecule has 2 aliphatic carbocycles. The lowest BCUT2D eigenvalue weighted by Crippen LogP contribution is -2.41. The van der Waals surface area contributed by atoms with Gasteiger partial charge in [-0.2, -0.15) is 10.4 Å². The molecule has 0 spiro atoms. The zero-order valence-corrected chi connectivity index (χ0v) is 24.2. The minimum atomic E-state index is 0.126. The summed E-state index contributed by atoms with van der Waals surface area (Å²) in [6.45, 7) is 5.02. The molecule has 2 saturated carbocycles.